The number of carbonyl (C=O) groups excluding carboxylic acids is 1. The number of non-ortho nitro benzene ring substituents is 4. The third-order valence-electron chi connectivity index (χ3n) is 19.7. The number of aromatic nitrogens is 8. The fourth-order valence-electron chi connectivity index (χ4n) is 12.7. The molecule has 40 nitrogen and oxygen atoms in total. The van der Waals surface area contributed by atoms with E-state index in [0.717, 1.165) is 101 Å². The van der Waals surface area contributed by atoms with Crippen molar-refractivity contribution in [1.29, 1.82) is 5.26 Å². The van der Waals surface area contributed by atoms with Crippen LogP contribution in [0, 0.1) is 52.0 Å². The van der Waals surface area contributed by atoms with Gasteiger partial charge in [0.2, 0.25) is 0 Å². The molecule has 0 atom stereocenters. The third kappa shape index (κ3) is 31.6. The number of hydrogen-bond donors (Lipinski definition) is 7. The first-order valence-electron chi connectivity index (χ1n) is 40.6. The van der Waals surface area contributed by atoms with Crippen LogP contribution in [-0.2, 0) is 0 Å². The van der Waals surface area contributed by atoms with Crippen LogP contribution in [0.15, 0.2) is 262 Å². The van der Waals surface area contributed by atoms with Gasteiger partial charge in [0.05, 0.1) is 63.8 Å². The lowest BCUT2D eigenvalue weighted by Gasteiger charge is -2.34. The van der Waals surface area contributed by atoms with E-state index in [1.807, 2.05) is 66.7 Å². The van der Waals surface area contributed by atoms with Crippen molar-refractivity contribution in [3.05, 3.63) is 318 Å². The number of ether oxygens (including phenoxy) is 4. The maximum absolute atomic E-state index is 13.5. The number of nitrogens with zero attached hydrogens (tertiary/aromatic N) is 20. The van der Waals surface area contributed by atoms with Crippen LogP contribution >= 0.6 is 34.8 Å². The molecule has 9 N–H and O–H groups in total. The first-order chi connectivity index (χ1) is 64.2. The van der Waals surface area contributed by atoms with Gasteiger partial charge in [0.25, 0.3) is 29.0 Å². The van der Waals surface area contributed by atoms with Crippen molar-refractivity contribution in [3.63, 3.8) is 0 Å². The second-order valence-electron chi connectivity index (χ2n) is 28.9. The summed E-state index contributed by atoms with van der Waals surface area (Å²) in [5, 5.41) is 67.5. The average Bonchev–Trinajstić information content (AvgIpc) is 0.789. The molecule has 0 bridgehead atoms. The predicted molar refractivity (Wildman–Crippen MR) is 516 cm³/mol. The van der Waals surface area contributed by atoms with E-state index in [2.05, 4.69) is 134 Å². The first kappa shape index (κ1) is 99.0. The number of anilines is 16. The van der Waals surface area contributed by atoms with Gasteiger partial charge in [0, 0.05) is 209 Å². The van der Waals surface area contributed by atoms with E-state index in [9.17, 15) is 45.3 Å². The molecule has 4 aromatic heterocycles. The Balaban J connectivity index is 0.000000175. The molecule has 3 aliphatic heterocycles. The lowest BCUT2D eigenvalue weighted by molar-refractivity contribution is -0.385. The van der Waals surface area contributed by atoms with Crippen LogP contribution in [0.3, 0.4) is 0 Å². The molecule has 0 radical (unpaired) electrons. The molecule has 9 aromatic carbocycles. The number of nitrogens with one attached hydrogen (secondary N) is 5. The largest absolute Gasteiger partial charge is 0.495 e. The van der Waals surface area contributed by atoms with E-state index >= 15 is 0 Å². The van der Waals surface area contributed by atoms with Crippen molar-refractivity contribution in [3.8, 4) is 29.3 Å². The number of para-hydroxylation sites is 2. The fourth-order valence-corrected chi connectivity index (χ4v) is 13.2. The number of methoxy groups -OCH3 is 3. The van der Waals surface area contributed by atoms with Crippen LogP contribution in [0.2, 0.25) is 15.5 Å². The molecule has 0 spiro atoms. The van der Waals surface area contributed by atoms with Crippen molar-refractivity contribution in [2.75, 3.05) is 179 Å². The van der Waals surface area contributed by atoms with Crippen molar-refractivity contribution in [2.45, 2.75) is 0 Å². The molecule has 0 saturated carbocycles. The van der Waals surface area contributed by atoms with Crippen LogP contribution in [0.25, 0.3) is 0 Å². The Hall–Kier alpha value is -16.2. The normalized spacial score (nSPS) is 12.7. The van der Waals surface area contributed by atoms with Gasteiger partial charge in [0.15, 0.2) is 0 Å². The highest BCUT2D eigenvalue weighted by Crippen LogP contribution is 2.37. The van der Waals surface area contributed by atoms with Crippen LogP contribution in [0.5, 0.6) is 23.0 Å². The van der Waals surface area contributed by atoms with Gasteiger partial charge in [-0.2, -0.15) is 0 Å². The molecular weight excluding hydrogens is 1770 g/mol. The molecular formula is C90H94Cl3N27O13. The molecule has 3 fully saturated rings. The summed E-state index contributed by atoms with van der Waals surface area (Å²) in [5.41, 5.74) is 18.9. The fraction of sp³-hybridized carbons (Fsp3) is 0.200. The van der Waals surface area contributed by atoms with Gasteiger partial charge in [-0.05, 0) is 106 Å². The number of nitro benzene ring substituents is 4. The number of hydrogen-bond acceptors (Lipinski definition) is 34. The zero-order chi connectivity index (χ0) is 95.1. The highest BCUT2D eigenvalue weighted by Gasteiger charge is 2.25. The van der Waals surface area contributed by atoms with Gasteiger partial charge in [-0.1, -0.05) is 95.5 Å². The zero-order valence-electron chi connectivity index (χ0n) is 72.9. The summed E-state index contributed by atoms with van der Waals surface area (Å²) in [6, 6.07) is 65.7. The molecule has 13 aromatic rings. The van der Waals surface area contributed by atoms with Crippen LogP contribution in [0.4, 0.5) is 119 Å². The number of halogens is 3. The number of nitrogen functional groups attached to an aromatic ring is 2. The highest BCUT2D eigenvalue weighted by atomic mass is 35.5. The molecule has 0 aliphatic carbocycles. The van der Waals surface area contributed by atoms with Crippen molar-refractivity contribution in [2.24, 2.45) is 0 Å². The summed E-state index contributed by atoms with van der Waals surface area (Å²) in [6.07, 6.45) is 6.95. The molecule has 0 unspecified atom stereocenters. The molecule has 43 heteroatoms. The second kappa shape index (κ2) is 50.5. The third-order valence-corrected chi connectivity index (χ3v) is 20.3. The number of nitriles is 1. The number of carbonyl (C=O) groups is 1. The minimum absolute atomic E-state index is 0.00702. The quantitative estimate of drug-likeness (QED) is 0.0109. The van der Waals surface area contributed by atoms with E-state index in [1.54, 1.807) is 119 Å². The summed E-state index contributed by atoms with van der Waals surface area (Å²) in [5.74, 6) is 4.87. The lowest BCUT2D eigenvalue weighted by atomic mass is 10.2. The maximum atomic E-state index is 13.5. The van der Waals surface area contributed by atoms with Crippen molar-refractivity contribution in [1.82, 2.24) is 54.6 Å². The Bertz CT molecular complexity index is 6050. The molecule has 3 aliphatic rings. The van der Waals surface area contributed by atoms with E-state index in [1.165, 1.54) is 103 Å². The van der Waals surface area contributed by atoms with Gasteiger partial charge in [-0.15, -0.1) is 5.26 Å². The number of nitro groups is 4. The summed E-state index contributed by atoms with van der Waals surface area (Å²) in [7, 11) is 11.3. The number of likely N-dealkylation sites (N-methyl/N-ethyl adjacent to an activating group) is 3. The number of amides is 2. The Kier molecular flexibility index (Phi) is 37.6. The minimum Gasteiger partial charge on any atom is -0.495 e. The molecule has 133 heavy (non-hydrogen) atoms. The number of nitrogens with two attached hydrogens (primary N) is 2. The first-order valence-corrected chi connectivity index (χ1v) is 41.8. The molecule has 2 amide bonds. The van der Waals surface area contributed by atoms with Gasteiger partial charge in [0.1, 0.15) is 92.9 Å². The second-order valence-corrected chi connectivity index (χ2v) is 30.0. The molecule has 16 rings (SSSR count). The van der Waals surface area contributed by atoms with E-state index in [0.29, 0.717) is 90.1 Å². The zero-order valence-corrected chi connectivity index (χ0v) is 75.1. The summed E-state index contributed by atoms with van der Waals surface area (Å²) in [6.45, 7) is 12.2. The highest BCUT2D eigenvalue weighted by molar-refractivity contribution is 6.33. The molecule has 7 heterocycles. The Morgan fingerprint density at radius 1 is 0.398 bits per heavy atom. The van der Waals surface area contributed by atoms with Crippen LogP contribution < -0.4 is 76.6 Å². The van der Waals surface area contributed by atoms with Gasteiger partial charge in [-0.25, -0.2) is 49.6 Å². The van der Waals surface area contributed by atoms with Gasteiger partial charge >= 0.3 is 6.03 Å². The van der Waals surface area contributed by atoms with Crippen molar-refractivity contribution >= 4 is 155 Å². The Morgan fingerprint density at radius 2 is 0.774 bits per heavy atom. The van der Waals surface area contributed by atoms with E-state index in [4.69, 9.17) is 65.7 Å². The standard InChI is InChI=1S/C29H30N8O4.C22H25N7O3.C12H19N3O.C10H7ClN4O2.C7H5NO.C6H6N2O2.C4H2Cl2N2/c1-34-13-15-35(16-14-34)22-11-12-25(26(18-22)41-2)33-27-19-28(31-20-30-27)36(23-9-6-10-24(17-23)37(39)40)29(38)32-21-7-4-3-5-8-21;1-27-8-10-28(11-9-27)17-6-7-19(20(13-17)32-2)26-22-14-21(23-15-24-22)25-16-4-3-5-18(12-16)29(30)31;1-14-5-7-15(8-6-14)10-3-4-11(13)12(9-10)16-2;11-9-5-10(13-6-12-9)14-7-2-1-3-8(4-7)15(16)17;8-6-9-7-4-2-1-3-5-7;7-5-2-1-3-6(4-5)8(9)10;5-3-1-4(6)8-2-7-3/h3-12,17-20H,13-16H2,1-2H3,(H,32,38)(H,30,31,33);3-7,12-15H,8-11H2,1-2H3,(H2,23,24,25,26);3-4,9H,5-8,13H2,1-2H3;1-6H,(H,12,13,14);1-5H;1-4H,7H2;1-2H. The smallest absolute Gasteiger partial charge is 0.332 e. The predicted octanol–water partition coefficient (Wildman–Crippen LogP) is 17.2. The minimum atomic E-state index is -0.546. The summed E-state index contributed by atoms with van der Waals surface area (Å²) in [4.78, 5) is 102. The summed E-state index contributed by atoms with van der Waals surface area (Å²) < 4.78 is 21.0. The number of benzene rings is 9. The molecule has 3 saturated heterocycles. The Morgan fingerprint density at radius 3 is 1.20 bits per heavy atom. The Labute approximate surface area is 779 Å². The maximum Gasteiger partial charge on any atom is 0.332 e. The summed E-state index contributed by atoms with van der Waals surface area (Å²) >= 11 is 16.5. The lowest BCUT2D eigenvalue weighted by Crippen LogP contribution is -2.44. The topological polar surface area (TPSA) is 488 Å². The van der Waals surface area contributed by atoms with Crippen LogP contribution in [-0.4, -0.2) is 201 Å². The van der Waals surface area contributed by atoms with Crippen molar-refractivity contribution < 1.29 is 43.4 Å². The van der Waals surface area contributed by atoms with Gasteiger partial charge in [-0.3, -0.25) is 40.5 Å². The van der Waals surface area contributed by atoms with Crippen LogP contribution in [0.1, 0.15) is 0 Å². The van der Waals surface area contributed by atoms with E-state index < -0.39 is 25.7 Å². The number of urea groups is 1. The SMILES string of the molecule is COc1cc(N2CCN(C)CC2)ccc1N.COc1cc(N2CCN(C)CC2)ccc1Nc1cc(N(C(=O)Nc2ccccc2)c2cccc([N+](=O)[O-])c2)ncn1.COc1cc(N2CCN(C)CC2)ccc1Nc1cc(Nc2cccc([N+](=O)[O-])c2)ncn1.Clc1cc(Cl)ncn1.N#COc1ccccc1.Nc1cccc([N+](=O)[O-])c1.O=[N+]([O-])c1cccc(Nc2cc(Cl)ncn2)c1. The molecule has 688 valence electrons. The van der Waals surface area contributed by atoms with Gasteiger partial charge < -0.3 is 86.4 Å². The monoisotopic (exact) mass is 1870 g/mol. The number of piperazine rings is 3. The number of rotatable bonds is 22. The average molecular weight is 1870 g/mol. The van der Waals surface area contributed by atoms with E-state index in [-0.39, 0.29) is 34.3 Å².